The van der Waals surface area contributed by atoms with E-state index in [0.29, 0.717) is 11.5 Å². The molecule has 2 unspecified atom stereocenters. The molecule has 2 aromatic rings. The first-order valence-corrected chi connectivity index (χ1v) is 9.77. The van der Waals surface area contributed by atoms with Gasteiger partial charge in [-0.25, -0.2) is 13.9 Å². The zero-order valence-corrected chi connectivity index (χ0v) is 15.7. The molecule has 0 saturated heterocycles. The Morgan fingerprint density at radius 2 is 1.67 bits per heavy atom. The Balaban J connectivity index is 2.21. The molecule has 0 heterocycles. The van der Waals surface area contributed by atoms with Gasteiger partial charge in [-0.2, -0.15) is 0 Å². The molecular weight excluding hydrogens is 372 g/mol. The van der Waals surface area contributed by atoms with Gasteiger partial charge in [0.25, 0.3) is 5.91 Å². The van der Waals surface area contributed by atoms with Crippen molar-refractivity contribution in [2.24, 2.45) is 0 Å². The van der Waals surface area contributed by atoms with Crippen LogP contribution < -0.4 is 15.5 Å². The van der Waals surface area contributed by atoms with E-state index in [0.717, 1.165) is 0 Å². The molecule has 0 aliphatic carbocycles. The minimum atomic E-state index is -3.91. The zero-order valence-electron chi connectivity index (χ0n) is 14.9. The van der Waals surface area contributed by atoms with Gasteiger partial charge in [-0.1, -0.05) is 18.2 Å². The van der Waals surface area contributed by atoms with Crippen LogP contribution in [0, 0.1) is 0 Å². The van der Waals surface area contributed by atoms with Crippen LogP contribution in [-0.2, 0) is 14.6 Å². The SMILES string of the molecule is CC(O)NC(C)(CS(=O)(=O)c1ccc(Oc2ccccc2)cc1)C(=O)NO. The molecule has 0 aliphatic heterocycles. The Hall–Kier alpha value is -2.46. The summed E-state index contributed by atoms with van der Waals surface area (Å²) in [6.45, 7) is 2.61. The third kappa shape index (κ3) is 5.51. The molecule has 2 aromatic carbocycles. The van der Waals surface area contributed by atoms with E-state index in [2.05, 4.69) is 5.32 Å². The highest BCUT2D eigenvalue weighted by Crippen LogP contribution is 2.24. The van der Waals surface area contributed by atoms with Gasteiger partial charge in [0, 0.05) is 0 Å². The van der Waals surface area contributed by atoms with Crippen LogP contribution in [0.2, 0.25) is 0 Å². The van der Waals surface area contributed by atoms with Crippen molar-refractivity contribution in [1.82, 2.24) is 10.8 Å². The average Bonchev–Trinajstić information content (AvgIpc) is 2.61. The smallest absolute Gasteiger partial charge is 0.264 e. The van der Waals surface area contributed by atoms with Gasteiger partial charge < -0.3 is 9.84 Å². The van der Waals surface area contributed by atoms with Gasteiger partial charge in [0.15, 0.2) is 9.84 Å². The predicted molar refractivity (Wildman–Crippen MR) is 98.2 cm³/mol. The lowest BCUT2D eigenvalue weighted by molar-refractivity contribution is -0.136. The van der Waals surface area contributed by atoms with Crippen molar-refractivity contribution >= 4 is 15.7 Å². The van der Waals surface area contributed by atoms with E-state index >= 15 is 0 Å². The van der Waals surface area contributed by atoms with E-state index in [9.17, 15) is 18.3 Å². The highest BCUT2D eigenvalue weighted by atomic mass is 32.2. The number of benzene rings is 2. The van der Waals surface area contributed by atoms with E-state index in [-0.39, 0.29) is 4.90 Å². The van der Waals surface area contributed by atoms with Crippen molar-refractivity contribution in [2.45, 2.75) is 30.5 Å². The number of amides is 1. The molecule has 2 atom stereocenters. The fourth-order valence-corrected chi connectivity index (χ4v) is 4.25. The number of aliphatic hydroxyl groups excluding tert-OH is 1. The van der Waals surface area contributed by atoms with Crippen LogP contribution in [0.15, 0.2) is 59.5 Å². The van der Waals surface area contributed by atoms with Crippen LogP contribution >= 0.6 is 0 Å². The van der Waals surface area contributed by atoms with E-state index < -0.39 is 33.3 Å². The van der Waals surface area contributed by atoms with Crippen LogP contribution in [0.1, 0.15) is 13.8 Å². The summed E-state index contributed by atoms with van der Waals surface area (Å²) in [5, 5.41) is 20.8. The number of hydroxylamine groups is 1. The molecule has 0 aliphatic rings. The topological polar surface area (TPSA) is 125 Å². The minimum absolute atomic E-state index is 0.0210. The van der Waals surface area contributed by atoms with Crippen molar-refractivity contribution < 1.29 is 28.3 Å². The van der Waals surface area contributed by atoms with Crippen LogP contribution in [-0.4, -0.2) is 42.2 Å². The number of hydrogen-bond acceptors (Lipinski definition) is 7. The molecule has 0 bridgehead atoms. The molecular formula is C18H22N2O6S. The van der Waals surface area contributed by atoms with Gasteiger partial charge in [0.2, 0.25) is 0 Å². The van der Waals surface area contributed by atoms with E-state index in [1.165, 1.54) is 43.6 Å². The number of carbonyl (C=O) groups is 1. The van der Waals surface area contributed by atoms with Crippen molar-refractivity contribution in [2.75, 3.05) is 5.75 Å². The second-order valence-corrected chi connectivity index (χ2v) is 8.23. The van der Waals surface area contributed by atoms with Gasteiger partial charge in [-0.3, -0.25) is 15.3 Å². The molecule has 9 heteroatoms. The number of hydrogen-bond donors (Lipinski definition) is 4. The predicted octanol–water partition coefficient (Wildman–Crippen LogP) is 1.44. The monoisotopic (exact) mass is 394 g/mol. The fourth-order valence-electron chi connectivity index (χ4n) is 2.56. The number of para-hydroxylation sites is 1. The highest BCUT2D eigenvalue weighted by molar-refractivity contribution is 7.91. The number of carbonyl (C=O) groups excluding carboxylic acids is 1. The minimum Gasteiger partial charge on any atom is -0.457 e. The number of rotatable bonds is 8. The van der Waals surface area contributed by atoms with Crippen LogP contribution in [0.5, 0.6) is 11.5 Å². The summed E-state index contributed by atoms with van der Waals surface area (Å²) in [5.74, 6) is -0.577. The summed E-state index contributed by atoms with van der Waals surface area (Å²) in [6.07, 6.45) is -1.16. The molecule has 0 spiro atoms. The summed E-state index contributed by atoms with van der Waals surface area (Å²) in [6, 6.07) is 14.8. The summed E-state index contributed by atoms with van der Waals surface area (Å²) in [5.41, 5.74) is -0.311. The second-order valence-electron chi connectivity index (χ2n) is 6.24. The van der Waals surface area contributed by atoms with Crippen molar-refractivity contribution in [3.05, 3.63) is 54.6 Å². The quantitative estimate of drug-likeness (QED) is 0.303. The molecule has 2 rings (SSSR count). The lowest BCUT2D eigenvalue weighted by Crippen LogP contribution is -2.60. The lowest BCUT2D eigenvalue weighted by atomic mass is 10.0. The highest BCUT2D eigenvalue weighted by Gasteiger charge is 2.39. The van der Waals surface area contributed by atoms with Gasteiger partial charge >= 0.3 is 0 Å². The van der Waals surface area contributed by atoms with Gasteiger partial charge in [0.1, 0.15) is 23.3 Å². The van der Waals surface area contributed by atoms with Gasteiger partial charge in [-0.15, -0.1) is 0 Å². The summed E-state index contributed by atoms with van der Waals surface area (Å²) >= 11 is 0. The van der Waals surface area contributed by atoms with Crippen LogP contribution in [0.3, 0.4) is 0 Å². The second kappa shape index (κ2) is 8.49. The molecule has 1 amide bonds. The average molecular weight is 394 g/mol. The van der Waals surface area contributed by atoms with E-state index in [1.54, 1.807) is 12.1 Å². The fraction of sp³-hybridized carbons (Fsp3) is 0.278. The zero-order chi connectivity index (χ0) is 20.1. The maximum Gasteiger partial charge on any atom is 0.264 e. The Bertz CT molecular complexity index is 868. The van der Waals surface area contributed by atoms with Crippen LogP contribution in [0.25, 0.3) is 0 Å². The van der Waals surface area contributed by atoms with Crippen LogP contribution in [0.4, 0.5) is 0 Å². The molecule has 0 radical (unpaired) electrons. The summed E-state index contributed by atoms with van der Waals surface area (Å²) in [7, 11) is -3.91. The number of ether oxygens (including phenoxy) is 1. The van der Waals surface area contributed by atoms with Crippen molar-refractivity contribution in [3.8, 4) is 11.5 Å². The Morgan fingerprint density at radius 1 is 1.11 bits per heavy atom. The molecule has 8 nitrogen and oxygen atoms in total. The molecule has 146 valence electrons. The Kier molecular flexibility index (Phi) is 6.55. The Labute approximate surface area is 157 Å². The van der Waals surface area contributed by atoms with E-state index in [4.69, 9.17) is 9.94 Å². The molecule has 0 aromatic heterocycles. The largest absolute Gasteiger partial charge is 0.457 e. The summed E-state index contributed by atoms with van der Waals surface area (Å²) in [4.78, 5) is 11.9. The first-order chi connectivity index (χ1) is 12.7. The molecule has 27 heavy (non-hydrogen) atoms. The third-order valence-corrected chi connectivity index (χ3v) is 5.72. The Morgan fingerprint density at radius 3 is 2.19 bits per heavy atom. The lowest BCUT2D eigenvalue weighted by Gasteiger charge is -2.29. The van der Waals surface area contributed by atoms with Gasteiger partial charge in [0.05, 0.1) is 10.6 Å². The standard InChI is InChI=1S/C18H22N2O6S/c1-13(21)19-18(2,17(22)20-23)12-27(24,25)16-10-8-15(9-11-16)26-14-6-4-3-5-7-14/h3-11,13,19,21,23H,12H2,1-2H3,(H,20,22). The number of nitrogens with one attached hydrogen (secondary N) is 2. The van der Waals surface area contributed by atoms with E-state index in [1.807, 2.05) is 18.2 Å². The number of aliphatic hydroxyl groups is 1. The third-order valence-electron chi connectivity index (χ3n) is 3.77. The van der Waals surface area contributed by atoms with Gasteiger partial charge in [-0.05, 0) is 50.2 Å². The maximum absolute atomic E-state index is 12.7. The molecule has 4 N–H and O–H groups in total. The van der Waals surface area contributed by atoms with Crippen molar-refractivity contribution in [3.63, 3.8) is 0 Å². The molecule has 0 fully saturated rings. The summed E-state index contributed by atoms with van der Waals surface area (Å²) < 4.78 is 31.0. The first-order valence-electron chi connectivity index (χ1n) is 8.12. The first kappa shape index (κ1) is 20.8. The maximum atomic E-state index is 12.7. The normalized spacial score (nSPS) is 14.8. The number of sulfone groups is 1. The van der Waals surface area contributed by atoms with Crippen molar-refractivity contribution in [1.29, 1.82) is 0 Å². The molecule has 0 saturated carbocycles.